The molecule has 7 heteroatoms. The third-order valence-corrected chi connectivity index (χ3v) is 4.29. The van der Waals surface area contributed by atoms with Crippen LogP contribution in [0.1, 0.15) is 54.2 Å². The number of sulfone groups is 1. The van der Waals surface area contributed by atoms with E-state index in [0.29, 0.717) is 11.6 Å². The number of hydrogen-bond acceptors (Lipinski definition) is 4. The van der Waals surface area contributed by atoms with Crippen LogP contribution in [0.5, 0.6) is 0 Å². The van der Waals surface area contributed by atoms with E-state index in [1.165, 1.54) is 25.3 Å². The zero-order chi connectivity index (χ0) is 15.3. The van der Waals surface area contributed by atoms with Crippen LogP contribution in [0.25, 0.3) is 0 Å². The van der Waals surface area contributed by atoms with Gasteiger partial charge in [0.05, 0.1) is 0 Å². The number of rotatable bonds is 5. The van der Waals surface area contributed by atoms with Crippen LogP contribution in [0.3, 0.4) is 0 Å². The second-order valence-corrected chi connectivity index (χ2v) is 7.39. The van der Waals surface area contributed by atoms with Gasteiger partial charge in [0.1, 0.15) is 5.69 Å². The van der Waals surface area contributed by atoms with Crippen LogP contribution in [0, 0.1) is 0 Å². The van der Waals surface area contributed by atoms with Crippen molar-refractivity contribution in [2.24, 2.45) is 0 Å². The third-order valence-electron chi connectivity index (χ3n) is 3.60. The summed E-state index contributed by atoms with van der Waals surface area (Å²) in [7, 11) is -3.15. The SMILES string of the molecule is CS(=O)(=O)/C=C/CNC(=O)c1cc(C2CCCCC2)[nH]n1. The second-order valence-electron chi connectivity index (χ2n) is 5.45. The van der Waals surface area contributed by atoms with Gasteiger partial charge in [0.2, 0.25) is 0 Å². The van der Waals surface area contributed by atoms with E-state index in [1.807, 2.05) is 0 Å². The zero-order valence-corrected chi connectivity index (χ0v) is 12.9. The molecule has 2 rings (SSSR count). The standard InChI is InChI=1S/C14H21N3O3S/c1-21(19,20)9-5-8-15-14(18)13-10-12(16-17-13)11-6-3-2-4-7-11/h5,9-11H,2-4,6-8H2,1H3,(H,15,18)(H,16,17)/b9-5+. The summed E-state index contributed by atoms with van der Waals surface area (Å²) in [6, 6.07) is 1.80. The van der Waals surface area contributed by atoms with Crippen LogP contribution in [-0.4, -0.2) is 37.3 Å². The van der Waals surface area contributed by atoms with E-state index < -0.39 is 9.84 Å². The Morgan fingerprint density at radius 3 is 2.81 bits per heavy atom. The zero-order valence-electron chi connectivity index (χ0n) is 12.1. The topological polar surface area (TPSA) is 91.9 Å². The molecule has 0 saturated heterocycles. The highest BCUT2D eigenvalue weighted by Gasteiger charge is 2.19. The van der Waals surface area contributed by atoms with Crippen LogP contribution in [0.2, 0.25) is 0 Å². The molecule has 1 fully saturated rings. The first-order valence-electron chi connectivity index (χ1n) is 7.16. The number of amides is 1. The fourth-order valence-electron chi connectivity index (χ4n) is 2.54. The second kappa shape index (κ2) is 6.89. The van der Waals surface area contributed by atoms with Crippen molar-refractivity contribution in [3.8, 4) is 0 Å². The van der Waals surface area contributed by atoms with E-state index in [9.17, 15) is 13.2 Å². The maximum atomic E-state index is 11.9. The van der Waals surface area contributed by atoms with Gasteiger partial charge in [-0.2, -0.15) is 5.10 Å². The van der Waals surface area contributed by atoms with Crippen LogP contribution in [-0.2, 0) is 9.84 Å². The molecule has 0 radical (unpaired) electrons. The fourth-order valence-corrected chi connectivity index (χ4v) is 2.99. The van der Waals surface area contributed by atoms with Gasteiger partial charge in [-0.25, -0.2) is 8.42 Å². The lowest BCUT2D eigenvalue weighted by molar-refractivity contribution is 0.0953. The Balaban J connectivity index is 1.88. The summed E-state index contributed by atoms with van der Waals surface area (Å²) in [5.74, 6) is 0.171. The van der Waals surface area contributed by atoms with Crippen LogP contribution in [0.15, 0.2) is 17.6 Å². The van der Waals surface area contributed by atoms with Gasteiger partial charge in [0.25, 0.3) is 5.91 Å². The molecule has 0 unspecified atom stereocenters. The maximum Gasteiger partial charge on any atom is 0.272 e. The lowest BCUT2D eigenvalue weighted by Gasteiger charge is -2.19. The highest BCUT2D eigenvalue weighted by atomic mass is 32.2. The number of nitrogens with one attached hydrogen (secondary N) is 2. The predicted octanol–water partition coefficient (Wildman–Crippen LogP) is 1.75. The number of carbonyl (C=O) groups is 1. The summed E-state index contributed by atoms with van der Waals surface area (Å²) in [6.07, 6.45) is 8.52. The Morgan fingerprint density at radius 1 is 1.43 bits per heavy atom. The average molecular weight is 311 g/mol. The van der Waals surface area contributed by atoms with Gasteiger partial charge in [-0.15, -0.1) is 0 Å². The largest absolute Gasteiger partial charge is 0.347 e. The van der Waals surface area contributed by atoms with E-state index in [4.69, 9.17) is 0 Å². The van der Waals surface area contributed by atoms with Crippen molar-refractivity contribution in [2.75, 3.05) is 12.8 Å². The van der Waals surface area contributed by atoms with Crippen molar-refractivity contribution in [1.82, 2.24) is 15.5 Å². The Labute approximate surface area is 124 Å². The van der Waals surface area contributed by atoms with Crippen LogP contribution < -0.4 is 5.32 Å². The molecule has 0 aromatic carbocycles. The summed E-state index contributed by atoms with van der Waals surface area (Å²) in [5.41, 5.74) is 1.37. The first kappa shape index (κ1) is 15.8. The van der Waals surface area contributed by atoms with E-state index in [0.717, 1.165) is 30.2 Å². The molecule has 1 amide bonds. The summed E-state index contributed by atoms with van der Waals surface area (Å²) in [5, 5.41) is 10.7. The van der Waals surface area contributed by atoms with Crippen molar-refractivity contribution >= 4 is 15.7 Å². The molecular weight excluding hydrogens is 290 g/mol. The molecule has 0 spiro atoms. The summed E-state index contributed by atoms with van der Waals surface area (Å²) in [4.78, 5) is 11.9. The number of aromatic amines is 1. The van der Waals surface area contributed by atoms with E-state index in [-0.39, 0.29) is 12.5 Å². The third kappa shape index (κ3) is 5.00. The number of hydrogen-bond donors (Lipinski definition) is 2. The Morgan fingerprint density at radius 2 is 2.14 bits per heavy atom. The maximum absolute atomic E-state index is 11.9. The van der Waals surface area contributed by atoms with Gasteiger partial charge in [-0.05, 0) is 18.9 Å². The summed E-state index contributed by atoms with van der Waals surface area (Å²) in [6.45, 7) is 0.164. The van der Waals surface area contributed by atoms with Crippen LogP contribution in [0.4, 0.5) is 0 Å². The molecule has 1 aliphatic rings. The molecule has 1 saturated carbocycles. The minimum atomic E-state index is -3.15. The van der Waals surface area contributed by atoms with Crippen molar-refractivity contribution in [1.29, 1.82) is 0 Å². The number of nitrogens with zero attached hydrogens (tertiary/aromatic N) is 1. The van der Waals surface area contributed by atoms with Gasteiger partial charge in [-0.1, -0.05) is 25.3 Å². The normalized spacial score (nSPS) is 17.2. The van der Waals surface area contributed by atoms with Gasteiger partial charge in [0, 0.05) is 29.8 Å². The molecule has 116 valence electrons. The molecule has 6 nitrogen and oxygen atoms in total. The lowest BCUT2D eigenvalue weighted by atomic mass is 9.87. The molecule has 0 aliphatic heterocycles. The first-order chi connectivity index (χ1) is 9.96. The van der Waals surface area contributed by atoms with E-state index >= 15 is 0 Å². The smallest absolute Gasteiger partial charge is 0.272 e. The molecule has 1 aromatic rings. The summed E-state index contributed by atoms with van der Waals surface area (Å²) < 4.78 is 21.8. The highest BCUT2D eigenvalue weighted by molar-refractivity contribution is 7.93. The number of aromatic nitrogens is 2. The van der Waals surface area contributed by atoms with Gasteiger partial charge < -0.3 is 5.32 Å². The van der Waals surface area contributed by atoms with E-state index in [2.05, 4.69) is 15.5 Å². The average Bonchev–Trinajstić information content (AvgIpc) is 2.93. The molecule has 0 bridgehead atoms. The molecule has 21 heavy (non-hydrogen) atoms. The Hall–Kier alpha value is -1.63. The quantitative estimate of drug-likeness (QED) is 0.866. The lowest BCUT2D eigenvalue weighted by Crippen LogP contribution is -2.23. The first-order valence-corrected chi connectivity index (χ1v) is 9.11. The van der Waals surface area contributed by atoms with Gasteiger partial charge in [0.15, 0.2) is 9.84 Å². The minimum absolute atomic E-state index is 0.164. The van der Waals surface area contributed by atoms with Gasteiger partial charge in [-0.3, -0.25) is 9.89 Å². The number of H-pyrrole nitrogens is 1. The molecule has 0 atom stereocenters. The van der Waals surface area contributed by atoms with Crippen molar-refractivity contribution < 1.29 is 13.2 Å². The fraction of sp³-hybridized carbons (Fsp3) is 0.571. The van der Waals surface area contributed by atoms with Crippen molar-refractivity contribution in [3.05, 3.63) is 28.9 Å². The number of carbonyl (C=O) groups excluding carboxylic acids is 1. The predicted molar refractivity (Wildman–Crippen MR) is 80.7 cm³/mol. The van der Waals surface area contributed by atoms with Crippen LogP contribution >= 0.6 is 0 Å². The molecule has 2 N–H and O–H groups in total. The van der Waals surface area contributed by atoms with E-state index in [1.54, 1.807) is 6.07 Å². The highest BCUT2D eigenvalue weighted by Crippen LogP contribution is 2.31. The van der Waals surface area contributed by atoms with Gasteiger partial charge >= 0.3 is 0 Å². The molecule has 1 aliphatic carbocycles. The molecule has 1 heterocycles. The monoisotopic (exact) mass is 311 g/mol. The van der Waals surface area contributed by atoms with Crippen molar-refractivity contribution in [2.45, 2.75) is 38.0 Å². The van der Waals surface area contributed by atoms with Crippen molar-refractivity contribution in [3.63, 3.8) is 0 Å². The Kier molecular flexibility index (Phi) is 5.17. The minimum Gasteiger partial charge on any atom is -0.347 e. The molecular formula is C14H21N3O3S. The Bertz CT molecular complexity index is 613. The summed E-state index contributed by atoms with van der Waals surface area (Å²) >= 11 is 0. The molecule has 1 aromatic heterocycles.